The normalized spacial score (nSPS) is 14.3. The first-order valence-electron chi connectivity index (χ1n) is 6.44. The molecule has 0 heterocycles. The molecular formula is C14H17ClN2O2. The van der Waals surface area contributed by atoms with Crippen LogP contribution in [0.25, 0.3) is 0 Å². The van der Waals surface area contributed by atoms with Gasteiger partial charge in [-0.3, -0.25) is 10.1 Å². The molecule has 1 N–H and O–H groups in total. The number of allylic oxidation sites excluding steroid dienone is 1. The summed E-state index contributed by atoms with van der Waals surface area (Å²) in [7, 11) is 0. The molecule has 0 unspecified atom stereocenters. The Balaban J connectivity index is 2.00. The molecule has 0 amide bonds. The molecule has 0 saturated carbocycles. The Bertz CT molecular complexity index is 526. The maximum Gasteiger partial charge on any atom is 0.288 e. The molecule has 2 rings (SSSR count). The lowest BCUT2D eigenvalue weighted by Gasteiger charge is -2.10. The molecule has 5 heteroatoms. The van der Waals surface area contributed by atoms with Crippen molar-refractivity contribution in [3.8, 4) is 0 Å². The predicted molar refractivity (Wildman–Crippen MR) is 77.9 cm³/mol. The minimum Gasteiger partial charge on any atom is -0.384 e. The van der Waals surface area contributed by atoms with Gasteiger partial charge in [-0.15, -0.1) is 0 Å². The molecule has 1 aliphatic rings. The molecule has 0 spiro atoms. The Hall–Kier alpha value is -1.55. The fourth-order valence-electron chi connectivity index (χ4n) is 2.32. The van der Waals surface area contributed by atoms with E-state index in [1.807, 2.05) is 6.92 Å². The number of nitro groups is 1. The van der Waals surface area contributed by atoms with Crippen molar-refractivity contribution in [2.24, 2.45) is 0 Å². The number of hydrogen-bond donors (Lipinski definition) is 1. The van der Waals surface area contributed by atoms with Gasteiger partial charge in [0.2, 0.25) is 0 Å². The zero-order valence-corrected chi connectivity index (χ0v) is 11.7. The van der Waals surface area contributed by atoms with E-state index in [1.54, 1.807) is 6.07 Å². The van der Waals surface area contributed by atoms with Crippen LogP contribution in [0.5, 0.6) is 0 Å². The third kappa shape index (κ3) is 3.47. The van der Waals surface area contributed by atoms with Gasteiger partial charge in [0.25, 0.3) is 5.69 Å². The second-order valence-corrected chi connectivity index (χ2v) is 5.21. The summed E-state index contributed by atoms with van der Waals surface area (Å²) < 4.78 is 0. The highest BCUT2D eigenvalue weighted by Crippen LogP contribution is 2.30. The van der Waals surface area contributed by atoms with Crippen molar-refractivity contribution in [2.75, 3.05) is 11.9 Å². The first-order chi connectivity index (χ1) is 9.08. The van der Waals surface area contributed by atoms with Gasteiger partial charge in [0, 0.05) is 18.3 Å². The zero-order valence-electron chi connectivity index (χ0n) is 10.9. The maximum absolute atomic E-state index is 10.8. The molecule has 19 heavy (non-hydrogen) atoms. The average Bonchev–Trinajstić information content (AvgIpc) is 2.85. The smallest absolute Gasteiger partial charge is 0.288 e. The molecule has 102 valence electrons. The van der Waals surface area contributed by atoms with Gasteiger partial charge in [-0.05, 0) is 44.2 Å². The highest BCUT2D eigenvalue weighted by atomic mass is 35.5. The van der Waals surface area contributed by atoms with Crippen LogP contribution in [0.1, 0.15) is 31.2 Å². The lowest BCUT2D eigenvalue weighted by Crippen LogP contribution is -2.04. The SMILES string of the molecule is Cc1cc([N+](=O)[O-])c(Cl)cc1NCCC1=CCCC1. The van der Waals surface area contributed by atoms with Gasteiger partial charge < -0.3 is 5.32 Å². The van der Waals surface area contributed by atoms with Gasteiger partial charge in [0.05, 0.1) is 4.92 Å². The van der Waals surface area contributed by atoms with Gasteiger partial charge in [0.1, 0.15) is 5.02 Å². The fraction of sp³-hybridized carbons (Fsp3) is 0.429. The summed E-state index contributed by atoms with van der Waals surface area (Å²) in [6.07, 6.45) is 6.97. The first-order valence-corrected chi connectivity index (χ1v) is 6.82. The van der Waals surface area contributed by atoms with Crippen molar-refractivity contribution in [1.29, 1.82) is 0 Å². The van der Waals surface area contributed by atoms with Crippen molar-refractivity contribution in [1.82, 2.24) is 0 Å². The lowest BCUT2D eigenvalue weighted by molar-refractivity contribution is -0.384. The molecule has 4 nitrogen and oxygen atoms in total. The summed E-state index contributed by atoms with van der Waals surface area (Å²) in [6.45, 7) is 2.68. The highest BCUT2D eigenvalue weighted by Gasteiger charge is 2.14. The molecule has 0 aliphatic heterocycles. The van der Waals surface area contributed by atoms with Crippen molar-refractivity contribution < 1.29 is 4.92 Å². The molecule has 1 aromatic carbocycles. The average molecular weight is 281 g/mol. The summed E-state index contributed by atoms with van der Waals surface area (Å²) >= 11 is 5.91. The van der Waals surface area contributed by atoms with Crippen molar-refractivity contribution in [3.63, 3.8) is 0 Å². The molecule has 0 saturated heterocycles. The van der Waals surface area contributed by atoms with E-state index in [-0.39, 0.29) is 10.7 Å². The van der Waals surface area contributed by atoms with E-state index in [0.717, 1.165) is 24.2 Å². The zero-order chi connectivity index (χ0) is 13.8. The number of halogens is 1. The Morgan fingerprint density at radius 3 is 2.89 bits per heavy atom. The number of hydrogen-bond acceptors (Lipinski definition) is 3. The minimum atomic E-state index is -0.456. The van der Waals surface area contributed by atoms with Crippen LogP contribution in [0.2, 0.25) is 5.02 Å². The Kier molecular flexibility index (Phi) is 4.43. The fourth-order valence-corrected chi connectivity index (χ4v) is 2.55. The molecule has 0 bridgehead atoms. The summed E-state index contributed by atoms with van der Waals surface area (Å²) in [4.78, 5) is 10.3. The number of benzene rings is 1. The van der Waals surface area contributed by atoms with Gasteiger partial charge in [-0.2, -0.15) is 0 Å². The molecule has 1 aliphatic carbocycles. The van der Waals surface area contributed by atoms with Crippen molar-refractivity contribution in [3.05, 3.63) is 44.5 Å². The van der Waals surface area contributed by atoms with Crippen LogP contribution in [0.3, 0.4) is 0 Å². The van der Waals surface area contributed by atoms with Gasteiger partial charge in [0.15, 0.2) is 0 Å². The summed E-state index contributed by atoms with van der Waals surface area (Å²) in [5.74, 6) is 0. The van der Waals surface area contributed by atoms with Crippen LogP contribution in [-0.4, -0.2) is 11.5 Å². The standard InChI is InChI=1S/C14H17ClN2O2/c1-10-8-14(17(18)19)12(15)9-13(10)16-7-6-11-4-2-3-5-11/h4,8-9,16H,2-3,5-7H2,1H3. The molecule has 1 aromatic rings. The number of nitrogens with zero attached hydrogens (tertiary/aromatic N) is 1. The Morgan fingerprint density at radius 2 is 2.26 bits per heavy atom. The number of rotatable bonds is 5. The Morgan fingerprint density at radius 1 is 1.47 bits per heavy atom. The molecule has 0 aromatic heterocycles. The van der Waals surface area contributed by atoms with E-state index in [4.69, 9.17) is 11.6 Å². The van der Waals surface area contributed by atoms with E-state index < -0.39 is 4.92 Å². The van der Waals surface area contributed by atoms with Gasteiger partial charge in [-0.25, -0.2) is 0 Å². The van der Waals surface area contributed by atoms with Gasteiger partial charge >= 0.3 is 0 Å². The van der Waals surface area contributed by atoms with Crippen molar-refractivity contribution >= 4 is 23.0 Å². The highest BCUT2D eigenvalue weighted by molar-refractivity contribution is 6.33. The number of anilines is 1. The summed E-state index contributed by atoms with van der Waals surface area (Å²) in [6, 6.07) is 3.15. The number of nitrogens with one attached hydrogen (secondary N) is 1. The third-order valence-electron chi connectivity index (χ3n) is 3.39. The van der Waals surface area contributed by atoms with E-state index in [2.05, 4.69) is 11.4 Å². The lowest BCUT2D eigenvalue weighted by atomic mass is 10.1. The van der Waals surface area contributed by atoms with Crippen LogP contribution in [-0.2, 0) is 0 Å². The van der Waals surface area contributed by atoms with Crippen LogP contribution >= 0.6 is 11.6 Å². The van der Waals surface area contributed by atoms with E-state index in [0.29, 0.717) is 0 Å². The van der Waals surface area contributed by atoms with Crippen LogP contribution < -0.4 is 5.32 Å². The number of nitro benzene ring substituents is 1. The topological polar surface area (TPSA) is 55.2 Å². The molecular weight excluding hydrogens is 264 g/mol. The second kappa shape index (κ2) is 6.06. The molecule has 0 fully saturated rings. The summed E-state index contributed by atoms with van der Waals surface area (Å²) in [5, 5.41) is 14.2. The third-order valence-corrected chi connectivity index (χ3v) is 3.69. The number of aryl methyl sites for hydroxylation is 1. The van der Waals surface area contributed by atoms with E-state index in [1.165, 1.54) is 30.9 Å². The van der Waals surface area contributed by atoms with Crippen LogP contribution in [0, 0.1) is 17.0 Å². The summed E-state index contributed by atoms with van der Waals surface area (Å²) in [5.41, 5.74) is 3.17. The largest absolute Gasteiger partial charge is 0.384 e. The van der Waals surface area contributed by atoms with E-state index >= 15 is 0 Å². The maximum atomic E-state index is 10.8. The van der Waals surface area contributed by atoms with Crippen molar-refractivity contribution in [2.45, 2.75) is 32.6 Å². The molecule has 0 atom stereocenters. The van der Waals surface area contributed by atoms with Crippen LogP contribution in [0.15, 0.2) is 23.8 Å². The monoisotopic (exact) mass is 280 g/mol. The predicted octanol–water partition coefficient (Wildman–Crippen LogP) is 4.47. The molecule has 0 radical (unpaired) electrons. The quantitative estimate of drug-likeness (QED) is 0.492. The second-order valence-electron chi connectivity index (χ2n) is 4.81. The first kappa shape index (κ1) is 13.9. The van der Waals surface area contributed by atoms with Crippen LogP contribution in [0.4, 0.5) is 11.4 Å². The van der Waals surface area contributed by atoms with E-state index in [9.17, 15) is 10.1 Å². The van der Waals surface area contributed by atoms with Gasteiger partial charge in [-0.1, -0.05) is 23.3 Å². The Labute approximate surface area is 117 Å². The minimum absolute atomic E-state index is 0.0387.